The molecule has 1 atom stereocenters. The van der Waals surface area contributed by atoms with Gasteiger partial charge in [-0.05, 0) is 32.7 Å². The van der Waals surface area contributed by atoms with E-state index in [1.807, 2.05) is 7.05 Å². The van der Waals surface area contributed by atoms with Crippen molar-refractivity contribution in [3.63, 3.8) is 0 Å². The van der Waals surface area contributed by atoms with Gasteiger partial charge in [-0.25, -0.2) is 12.7 Å². The Morgan fingerprint density at radius 2 is 1.95 bits per heavy atom. The topological polar surface area (TPSA) is 61.9 Å². The van der Waals surface area contributed by atoms with Crippen molar-refractivity contribution in [2.75, 3.05) is 52.7 Å². The fraction of sp³-hybridized carbons (Fsp3) is 1.00. The first-order chi connectivity index (χ1) is 10.0. The Kier molecular flexibility index (Phi) is 6.43. The van der Waals surface area contributed by atoms with E-state index in [2.05, 4.69) is 10.2 Å². The third-order valence-electron chi connectivity index (χ3n) is 4.58. The van der Waals surface area contributed by atoms with E-state index in [1.54, 1.807) is 4.31 Å². The molecule has 2 heterocycles. The Balaban J connectivity index is 2.04. The summed E-state index contributed by atoms with van der Waals surface area (Å²) in [7, 11) is -1.11. The lowest BCUT2D eigenvalue weighted by molar-refractivity contribution is 0.00690. The SMILES string of the molecule is CNCCN(C1CCOCC1)C1CCCN(S(C)(=O)=O)C1. The molecule has 124 valence electrons. The Hall–Kier alpha value is -0.210. The summed E-state index contributed by atoms with van der Waals surface area (Å²) in [6, 6.07) is 0.863. The van der Waals surface area contributed by atoms with Crippen LogP contribution in [0.25, 0.3) is 0 Å². The molecule has 0 amide bonds. The first kappa shape index (κ1) is 17.1. The largest absolute Gasteiger partial charge is 0.381 e. The van der Waals surface area contributed by atoms with E-state index in [1.165, 1.54) is 6.26 Å². The van der Waals surface area contributed by atoms with Gasteiger partial charge in [0.15, 0.2) is 0 Å². The van der Waals surface area contributed by atoms with Crippen molar-refractivity contribution in [1.29, 1.82) is 0 Å². The average molecular weight is 319 g/mol. The van der Waals surface area contributed by atoms with Gasteiger partial charge >= 0.3 is 0 Å². The highest BCUT2D eigenvalue weighted by Crippen LogP contribution is 2.23. The molecule has 2 fully saturated rings. The summed E-state index contributed by atoms with van der Waals surface area (Å²) >= 11 is 0. The highest BCUT2D eigenvalue weighted by atomic mass is 32.2. The van der Waals surface area contributed by atoms with Crippen molar-refractivity contribution in [2.45, 2.75) is 37.8 Å². The smallest absolute Gasteiger partial charge is 0.211 e. The summed E-state index contributed by atoms with van der Waals surface area (Å²) in [6.07, 6.45) is 5.48. The number of rotatable bonds is 6. The predicted octanol–water partition coefficient (Wildman–Crippen LogP) is 0.111. The molecule has 6 nitrogen and oxygen atoms in total. The second kappa shape index (κ2) is 7.87. The van der Waals surface area contributed by atoms with Gasteiger partial charge in [0.05, 0.1) is 6.26 Å². The summed E-state index contributed by atoms with van der Waals surface area (Å²) in [5, 5.41) is 3.21. The van der Waals surface area contributed by atoms with Gasteiger partial charge in [-0.2, -0.15) is 0 Å². The number of ether oxygens (including phenoxy) is 1. The van der Waals surface area contributed by atoms with E-state index >= 15 is 0 Å². The molecule has 0 radical (unpaired) electrons. The lowest BCUT2D eigenvalue weighted by Gasteiger charge is -2.43. The van der Waals surface area contributed by atoms with Crippen LogP contribution in [0.4, 0.5) is 0 Å². The lowest BCUT2D eigenvalue weighted by atomic mass is 9.99. The average Bonchev–Trinajstić information content (AvgIpc) is 2.48. The summed E-state index contributed by atoms with van der Waals surface area (Å²) in [5.74, 6) is 0. The molecule has 1 unspecified atom stereocenters. The van der Waals surface area contributed by atoms with Crippen LogP contribution in [0, 0.1) is 0 Å². The van der Waals surface area contributed by atoms with Crippen molar-refractivity contribution >= 4 is 10.0 Å². The molecule has 0 aromatic heterocycles. The van der Waals surface area contributed by atoms with Crippen LogP contribution in [0.3, 0.4) is 0 Å². The molecular formula is C14H29N3O3S. The lowest BCUT2D eigenvalue weighted by Crippen LogP contribution is -2.55. The van der Waals surface area contributed by atoms with Crippen LogP contribution in [0.2, 0.25) is 0 Å². The molecule has 0 aromatic carbocycles. The highest BCUT2D eigenvalue weighted by molar-refractivity contribution is 7.88. The Morgan fingerprint density at radius 3 is 2.57 bits per heavy atom. The molecule has 21 heavy (non-hydrogen) atoms. The van der Waals surface area contributed by atoms with Crippen LogP contribution in [0.5, 0.6) is 0 Å². The molecule has 0 saturated carbocycles. The molecule has 1 N–H and O–H groups in total. The zero-order valence-corrected chi connectivity index (χ0v) is 14.1. The second-order valence-electron chi connectivity index (χ2n) is 6.10. The summed E-state index contributed by atoms with van der Waals surface area (Å²) in [6.45, 7) is 4.87. The minimum Gasteiger partial charge on any atom is -0.381 e. The van der Waals surface area contributed by atoms with Crippen LogP contribution in [0.15, 0.2) is 0 Å². The number of hydrogen-bond acceptors (Lipinski definition) is 5. The van der Waals surface area contributed by atoms with Gasteiger partial charge in [0.25, 0.3) is 0 Å². The van der Waals surface area contributed by atoms with Crippen molar-refractivity contribution in [1.82, 2.24) is 14.5 Å². The van der Waals surface area contributed by atoms with Crippen molar-refractivity contribution in [2.24, 2.45) is 0 Å². The number of piperidine rings is 1. The van der Waals surface area contributed by atoms with Gasteiger partial charge < -0.3 is 10.1 Å². The Morgan fingerprint density at radius 1 is 1.24 bits per heavy atom. The molecule has 2 saturated heterocycles. The Labute approximate surface area is 128 Å². The monoisotopic (exact) mass is 319 g/mol. The van der Waals surface area contributed by atoms with Gasteiger partial charge in [0.1, 0.15) is 0 Å². The van der Waals surface area contributed by atoms with Crippen LogP contribution in [0.1, 0.15) is 25.7 Å². The number of likely N-dealkylation sites (N-methyl/N-ethyl adjacent to an activating group) is 1. The summed E-state index contributed by atoms with van der Waals surface area (Å²) in [5.41, 5.74) is 0. The van der Waals surface area contributed by atoms with Crippen molar-refractivity contribution < 1.29 is 13.2 Å². The van der Waals surface area contributed by atoms with Crippen LogP contribution in [-0.2, 0) is 14.8 Å². The predicted molar refractivity (Wildman–Crippen MR) is 83.9 cm³/mol. The van der Waals surface area contributed by atoms with E-state index in [4.69, 9.17) is 4.74 Å². The maximum atomic E-state index is 11.8. The fourth-order valence-corrected chi connectivity index (χ4v) is 4.32. The maximum absolute atomic E-state index is 11.8. The molecule has 0 bridgehead atoms. The van der Waals surface area contributed by atoms with E-state index in [0.29, 0.717) is 25.2 Å². The van der Waals surface area contributed by atoms with E-state index in [9.17, 15) is 8.42 Å². The highest BCUT2D eigenvalue weighted by Gasteiger charge is 2.33. The standard InChI is InChI=1S/C14H29N3O3S/c1-15-7-9-17(13-5-10-20-11-6-13)14-4-3-8-16(12-14)21(2,18)19/h13-15H,3-12H2,1-2H3. The summed E-state index contributed by atoms with van der Waals surface area (Å²) < 4.78 is 30.8. The van der Waals surface area contributed by atoms with E-state index in [0.717, 1.165) is 52.0 Å². The minimum atomic E-state index is -3.08. The first-order valence-corrected chi connectivity index (χ1v) is 9.80. The zero-order valence-electron chi connectivity index (χ0n) is 13.3. The molecule has 0 spiro atoms. The van der Waals surface area contributed by atoms with Crippen LogP contribution < -0.4 is 5.32 Å². The minimum absolute atomic E-state index is 0.338. The normalized spacial score (nSPS) is 26.3. The van der Waals surface area contributed by atoms with E-state index < -0.39 is 10.0 Å². The molecule has 7 heteroatoms. The molecule has 2 aliphatic heterocycles. The number of nitrogens with zero attached hydrogens (tertiary/aromatic N) is 2. The Bertz CT molecular complexity index is 410. The quantitative estimate of drug-likeness (QED) is 0.753. The molecule has 2 rings (SSSR count). The van der Waals surface area contributed by atoms with Gasteiger partial charge in [0, 0.05) is 51.5 Å². The molecule has 0 aromatic rings. The fourth-order valence-electron chi connectivity index (χ4n) is 3.41. The van der Waals surface area contributed by atoms with Crippen LogP contribution >= 0.6 is 0 Å². The zero-order chi connectivity index (χ0) is 15.3. The van der Waals surface area contributed by atoms with Crippen LogP contribution in [-0.4, -0.2) is 82.4 Å². The second-order valence-corrected chi connectivity index (χ2v) is 8.08. The van der Waals surface area contributed by atoms with Gasteiger partial charge in [-0.3, -0.25) is 4.90 Å². The summed E-state index contributed by atoms with van der Waals surface area (Å²) in [4.78, 5) is 2.52. The third kappa shape index (κ3) is 4.89. The van der Waals surface area contributed by atoms with Gasteiger partial charge in [-0.15, -0.1) is 0 Å². The molecule has 2 aliphatic rings. The van der Waals surface area contributed by atoms with E-state index in [-0.39, 0.29) is 0 Å². The van der Waals surface area contributed by atoms with Gasteiger partial charge in [-0.1, -0.05) is 0 Å². The maximum Gasteiger partial charge on any atom is 0.211 e. The van der Waals surface area contributed by atoms with Gasteiger partial charge in [0.2, 0.25) is 10.0 Å². The number of hydrogen-bond donors (Lipinski definition) is 1. The molecule has 0 aliphatic carbocycles. The molecular weight excluding hydrogens is 290 g/mol. The third-order valence-corrected chi connectivity index (χ3v) is 5.85. The van der Waals surface area contributed by atoms with Crippen molar-refractivity contribution in [3.8, 4) is 0 Å². The van der Waals surface area contributed by atoms with Crippen molar-refractivity contribution in [3.05, 3.63) is 0 Å². The first-order valence-electron chi connectivity index (χ1n) is 7.95. The number of sulfonamides is 1. The number of nitrogens with one attached hydrogen (secondary N) is 1.